The zero-order chi connectivity index (χ0) is 19.2. The van der Waals surface area contributed by atoms with Crippen molar-refractivity contribution in [2.75, 3.05) is 20.7 Å². The average molecular weight is 382 g/mol. The number of nitrogens with one attached hydrogen (secondary N) is 1. The summed E-state index contributed by atoms with van der Waals surface area (Å²) >= 11 is 1.73. The molecular formula is C21H22N2O3S. The summed E-state index contributed by atoms with van der Waals surface area (Å²) in [6.45, 7) is 1.06. The van der Waals surface area contributed by atoms with Crippen LogP contribution in [0.25, 0.3) is 10.1 Å². The van der Waals surface area contributed by atoms with E-state index in [4.69, 9.17) is 0 Å². The Kier molecular flexibility index (Phi) is 6.08. The van der Waals surface area contributed by atoms with Gasteiger partial charge in [0.15, 0.2) is 0 Å². The monoisotopic (exact) mass is 382 g/mol. The number of carbonyl (C=O) groups is 2. The van der Waals surface area contributed by atoms with Crippen LogP contribution < -0.4 is 5.32 Å². The Morgan fingerprint density at radius 3 is 2.59 bits per heavy atom. The zero-order valence-corrected chi connectivity index (χ0v) is 16.2. The highest BCUT2D eigenvalue weighted by molar-refractivity contribution is 7.17. The second kappa shape index (κ2) is 8.68. The van der Waals surface area contributed by atoms with Crippen LogP contribution in [0.1, 0.15) is 21.5 Å². The van der Waals surface area contributed by atoms with Crippen molar-refractivity contribution in [3.8, 4) is 0 Å². The lowest BCUT2D eigenvalue weighted by Gasteiger charge is -2.18. The number of nitrogens with zero attached hydrogens (tertiary/aromatic N) is 1. The molecule has 1 heterocycles. The summed E-state index contributed by atoms with van der Waals surface area (Å²) in [4.78, 5) is 25.4. The molecule has 140 valence electrons. The molecule has 5 nitrogen and oxygen atoms in total. The largest absolute Gasteiger partial charge is 0.465 e. The Balaban J connectivity index is 1.49. The van der Waals surface area contributed by atoms with Crippen molar-refractivity contribution in [2.24, 2.45) is 0 Å². The lowest BCUT2D eigenvalue weighted by molar-refractivity contribution is 0.0600. The lowest BCUT2D eigenvalue weighted by atomic mass is 10.1. The molecule has 2 amide bonds. The SMILES string of the molecule is COC(=O)c1ccc(CN(C)C(=O)NCCc2csc3ccccc23)cc1. The summed E-state index contributed by atoms with van der Waals surface area (Å²) in [7, 11) is 3.11. The van der Waals surface area contributed by atoms with Crippen LogP contribution in [-0.2, 0) is 17.7 Å². The van der Waals surface area contributed by atoms with Gasteiger partial charge in [0.1, 0.15) is 0 Å². The summed E-state index contributed by atoms with van der Waals surface area (Å²) in [6.07, 6.45) is 0.803. The van der Waals surface area contributed by atoms with E-state index in [2.05, 4.69) is 27.6 Å². The van der Waals surface area contributed by atoms with E-state index in [1.54, 1.807) is 35.4 Å². The minimum absolute atomic E-state index is 0.119. The van der Waals surface area contributed by atoms with E-state index >= 15 is 0 Å². The Morgan fingerprint density at radius 2 is 1.85 bits per heavy atom. The number of thiophene rings is 1. The van der Waals surface area contributed by atoms with Gasteiger partial charge in [-0.15, -0.1) is 11.3 Å². The third-order valence-electron chi connectivity index (χ3n) is 4.37. The molecule has 0 aliphatic rings. The number of urea groups is 1. The summed E-state index contributed by atoms with van der Waals surface area (Å²) in [5.74, 6) is -0.367. The number of benzene rings is 2. The van der Waals surface area contributed by atoms with Gasteiger partial charge >= 0.3 is 12.0 Å². The number of hydrogen-bond donors (Lipinski definition) is 1. The highest BCUT2D eigenvalue weighted by atomic mass is 32.1. The molecule has 27 heavy (non-hydrogen) atoms. The smallest absolute Gasteiger partial charge is 0.337 e. The van der Waals surface area contributed by atoms with Gasteiger partial charge in [-0.2, -0.15) is 0 Å². The van der Waals surface area contributed by atoms with Crippen LogP contribution >= 0.6 is 11.3 Å². The topological polar surface area (TPSA) is 58.6 Å². The summed E-state index contributed by atoms with van der Waals surface area (Å²) in [5.41, 5.74) is 2.71. The number of fused-ring (bicyclic) bond motifs is 1. The first kappa shape index (κ1) is 18.9. The van der Waals surface area contributed by atoms with Crippen molar-refractivity contribution in [1.82, 2.24) is 10.2 Å². The lowest BCUT2D eigenvalue weighted by Crippen LogP contribution is -2.37. The fourth-order valence-corrected chi connectivity index (χ4v) is 3.87. The van der Waals surface area contributed by atoms with E-state index in [0.29, 0.717) is 18.7 Å². The molecule has 0 saturated carbocycles. The Bertz CT molecular complexity index is 934. The maximum Gasteiger partial charge on any atom is 0.337 e. The second-order valence-corrected chi connectivity index (χ2v) is 7.19. The first-order chi connectivity index (χ1) is 13.1. The molecular weight excluding hydrogens is 360 g/mol. The fraction of sp³-hybridized carbons (Fsp3) is 0.238. The van der Waals surface area contributed by atoms with Crippen molar-refractivity contribution in [1.29, 1.82) is 0 Å². The molecule has 1 N–H and O–H groups in total. The van der Waals surface area contributed by atoms with Crippen LogP contribution in [0.3, 0.4) is 0 Å². The molecule has 0 saturated heterocycles. The van der Waals surface area contributed by atoms with Crippen molar-refractivity contribution in [3.05, 3.63) is 70.6 Å². The van der Waals surface area contributed by atoms with Gasteiger partial charge in [-0.1, -0.05) is 30.3 Å². The van der Waals surface area contributed by atoms with E-state index in [0.717, 1.165) is 12.0 Å². The van der Waals surface area contributed by atoms with E-state index in [-0.39, 0.29) is 12.0 Å². The summed E-state index contributed by atoms with van der Waals surface area (Å²) < 4.78 is 5.95. The molecule has 2 aromatic carbocycles. The third kappa shape index (κ3) is 4.65. The highest BCUT2D eigenvalue weighted by Gasteiger charge is 2.11. The van der Waals surface area contributed by atoms with Crippen LogP contribution in [0.2, 0.25) is 0 Å². The van der Waals surface area contributed by atoms with Crippen molar-refractivity contribution >= 4 is 33.4 Å². The molecule has 0 unspecified atom stereocenters. The minimum Gasteiger partial charge on any atom is -0.465 e. The minimum atomic E-state index is -0.367. The van der Waals surface area contributed by atoms with E-state index < -0.39 is 0 Å². The van der Waals surface area contributed by atoms with Crippen molar-refractivity contribution in [2.45, 2.75) is 13.0 Å². The van der Waals surface area contributed by atoms with Gasteiger partial charge in [-0.25, -0.2) is 9.59 Å². The molecule has 6 heteroatoms. The number of hydrogen-bond acceptors (Lipinski definition) is 4. The fourth-order valence-electron chi connectivity index (χ4n) is 2.88. The highest BCUT2D eigenvalue weighted by Crippen LogP contribution is 2.25. The van der Waals surface area contributed by atoms with Gasteiger partial charge < -0.3 is 15.0 Å². The number of carbonyl (C=O) groups excluding carboxylic acids is 2. The van der Waals surface area contributed by atoms with E-state index in [9.17, 15) is 9.59 Å². The molecule has 0 radical (unpaired) electrons. The van der Waals surface area contributed by atoms with Crippen LogP contribution in [0.5, 0.6) is 0 Å². The third-order valence-corrected chi connectivity index (χ3v) is 5.39. The Hall–Kier alpha value is -2.86. The predicted octanol–water partition coefficient (Wildman–Crippen LogP) is 4.07. The Morgan fingerprint density at radius 1 is 1.11 bits per heavy atom. The first-order valence-corrected chi connectivity index (χ1v) is 9.58. The molecule has 3 rings (SSSR count). The van der Waals surface area contributed by atoms with E-state index in [1.165, 1.54) is 22.8 Å². The van der Waals surface area contributed by atoms with Crippen molar-refractivity contribution in [3.63, 3.8) is 0 Å². The molecule has 0 atom stereocenters. The normalized spacial score (nSPS) is 10.6. The Labute approximate surface area is 162 Å². The molecule has 0 spiro atoms. The van der Waals surface area contributed by atoms with Gasteiger partial charge in [0.2, 0.25) is 0 Å². The maximum atomic E-state index is 12.3. The van der Waals surface area contributed by atoms with Crippen molar-refractivity contribution < 1.29 is 14.3 Å². The molecule has 3 aromatic rings. The van der Waals surface area contributed by atoms with Gasteiger partial charge in [-0.05, 0) is 46.5 Å². The first-order valence-electron chi connectivity index (χ1n) is 8.70. The molecule has 0 aliphatic heterocycles. The number of esters is 1. The van der Waals surface area contributed by atoms with Crippen LogP contribution in [0.15, 0.2) is 53.9 Å². The maximum absolute atomic E-state index is 12.3. The van der Waals surface area contributed by atoms with E-state index in [1.807, 2.05) is 24.3 Å². The van der Waals surface area contributed by atoms with Gasteiger partial charge in [0.05, 0.1) is 12.7 Å². The predicted molar refractivity (Wildman–Crippen MR) is 108 cm³/mol. The van der Waals surface area contributed by atoms with Gasteiger partial charge in [0, 0.05) is 24.8 Å². The standard InChI is InChI=1S/C21H22N2O3S/c1-23(13-15-7-9-16(10-8-15)20(24)26-2)21(25)22-12-11-17-14-27-19-6-4-3-5-18(17)19/h3-10,14H,11-13H2,1-2H3,(H,22,25). The number of methoxy groups -OCH3 is 1. The van der Waals surface area contributed by atoms with Crippen LogP contribution in [0, 0.1) is 0 Å². The number of ether oxygens (including phenoxy) is 1. The van der Waals surface area contributed by atoms with Gasteiger partial charge in [-0.3, -0.25) is 0 Å². The summed E-state index contributed by atoms with van der Waals surface area (Å²) in [6, 6.07) is 15.2. The second-order valence-electron chi connectivity index (χ2n) is 6.28. The molecule has 0 bridgehead atoms. The van der Waals surface area contributed by atoms with Crippen LogP contribution in [-0.4, -0.2) is 37.6 Å². The zero-order valence-electron chi connectivity index (χ0n) is 15.4. The molecule has 1 aromatic heterocycles. The number of rotatable bonds is 6. The molecule has 0 aliphatic carbocycles. The quantitative estimate of drug-likeness (QED) is 0.654. The molecule has 0 fully saturated rings. The van der Waals surface area contributed by atoms with Gasteiger partial charge in [0.25, 0.3) is 0 Å². The number of amides is 2. The van der Waals surface area contributed by atoms with Crippen LogP contribution in [0.4, 0.5) is 4.79 Å². The average Bonchev–Trinajstić information content (AvgIpc) is 3.11. The summed E-state index contributed by atoms with van der Waals surface area (Å²) in [5, 5.41) is 6.38.